The van der Waals surface area contributed by atoms with Crippen LogP contribution in [0.3, 0.4) is 0 Å². The van der Waals surface area contributed by atoms with Crippen LogP contribution in [-0.2, 0) is 0 Å². The van der Waals surface area contributed by atoms with Crippen LogP contribution in [0.5, 0.6) is 0 Å². The van der Waals surface area contributed by atoms with Crippen molar-refractivity contribution in [3.8, 4) is 0 Å². The molecule has 0 spiro atoms. The van der Waals surface area contributed by atoms with Crippen molar-refractivity contribution in [2.75, 3.05) is 7.05 Å². The minimum absolute atomic E-state index is 0.133. The van der Waals surface area contributed by atoms with E-state index in [1.807, 2.05) is 38.1 Å². The van der Waals surface area contributed by atoms with Crippen molar-refractivity contribution in [1.82, 2.24) is 9.88 Å². The zero-order valence-electron chi connectivity index (χ0n) is 12.2. The first-order valence-corrected chi connectivity index (χ1v) is 7.90. The molecule has 21 heavy (non-hydrogen) atoms. The van der Waals surface area contributed by atoms with E-state index in [-0.39, 0.29) is 18.0 Å². The molecule has 0 bridgehead atoms. The number of nitrogens with zero attached hydrogens (tertiary/aromatic N) is 2. The fourth-order valence-corrected chi connectivity index (χ4v) is 3.02. The lowest BCUT2D eigenvalue weighted by Gasteiger charge is -2.25. The van der Waals surface area contributed by atoms with E-state index in [2.05, 4.69) is 4.98 Å². The van der Waals surface area contributed by atoms with Gasteiger partial charge in [-0.25, -0.2) is 4.98 Å². The fraction of sp³-hybridized carbons (Fsp3) is 0.333. The van der Waals surface area contributed by atoms with Gasteiger partial charge in [0.05, 0.1) is 12.1 Å². The number of benzene rings is 1. The van der Waals surface area contributed by atoms with Gasteiger partial charge in [-0.3, -0.25) is 4.79 Å². The van der Waals surface area contributed by atoms with Crippen LogP contribution >= 0.6 is 22.9 Å². The Morgan fingerprint density at radius 1 is 1.38 bits per heavy atom. The van der Waals surface area contributed by atoms with Crippen molar-refractivity contribution in [1.29, 1.82) is 0 Å². The second-order valence-electron chi connectivity index (χ2n) is 4.97. The smallest absolute Gasteiger partial charge is 0.273 e. The van der Waals surface area contributed by atoms with Gasteiger partial charge in [0.25, 0.3) is 5.91 Å². The third-order valence-corrected chi connectivity index (χ3v) is 4.78. The van der Waals surface area contributed by atoms with Gasteiger partial charge in [-0.15, -0.1) is 11.3 Å². The minimum atomic E-state index is -0.164. The Labute approximate surface area is 133 Å². The third kappa shape index (κ3) is 3.43. The van der Waals surface area contributed by atoms with E-state index >= 15 is 0 Å². The lowest BCUT2D eigenvalue weighted by Crippen LogP contribution is -2.30. The average Bonchev–Trinajstić information content (AvgIpc) is 2.95. The van der Waals surface area contributed by atoms with Gasteiger partial charge in [0.15, 0.2) is 0 Å². The van der Waals surface area contributed by atoms with E-state index in [1.165, 1.54) is 11.3 Å². The van der Waals surface area contributed by atoms with E-state index in [0.29, 0.717) is 10.7 Å². The molecule has 2 aromatic rings. The zero-order valence-corrected chi connectivity index (χ0v) is 13.8. The molecule has 1 heterocycles. The maximum absolute atomic E-state index is 12.5. The Hall–Kier alpha value is -1.43. The normalized spacial score (nSPS) is 13.8. The number of halogens is 1. The van der Waals surface area contributed by atoms with Gasteiger partial charge in [0.1, 0.15) is 10.7 Å². The van der Waals surface area contributed by atoms with Crippen LogP contribution in [0.15, 0.2) is 29.6 Å². The molecule has 4 nitrogen and oxygen atoms in total. The summed E-state index contributed by atoms with van der Waals surface area (Å²) in [7, 11) is 1.75. The Morgan fingerprint density at radius 2 is 2.05 bits per heavy atom. The number of nitrogens with two attached hydrogens (primary N) is 1. The van der Waals surface area contributed by atoms with Crippen molar-refractivity contribution in [3.63, 3.8) is 0 Å². The first-order valence-electron chi connectivity index (χ1n) is 6.64. The summed E-state index contributed by atoms with van der Waals surface area (Å²) in [6, 6.07) is 7.23. The van der Waals surface area contributed by atoms with Crippen LogP contribution < -0.4 is 5.73 Å². The van der Waals surface area contributed by atoms with Gasteiger partial charge in [0.2, 0.25) is 0 Å². The van der Waals surface area contributed by atoms with Crippen molar-refractivity contribution >= 4 is 28.8 Å². The first kappa shape index (κ1) is 15.9. The van der Waals surface area contributed by atoms with E-state index < -0.39 is 0 Å². The summed E-state index contributed by atoms with van der Waals surface area (Å²) in [5.74, 6) is -0.134. The van der Waals surface area contributed by atoms with Gasteiger partial charge in [-0.2, -0.15) is 0 Å². The summed E-state index contributed by atoms with van der Waals surface area (Å²) in [6.45, 7) is 3.79. The molecular formula is C15H18ClN3OS. The standard InChI is InChI=1S/C15H18ClN3OS/c1-9(17)14-18-13(8-21-14)15(20)19(3)10(2)11-6-4-5-7-12(11)16/h4-10H,17H2,1-3H3. The molecule has 1 amide bonds. The number of carbonyl (C=O) groups excluding carboxylic acids is 1. The minimum Gasteiger partial charge on any atom is -0.334 e. The second-order valence-corrected chi connectivity index (χ2v) is 6.27. The van der Waals surface area contributed by atoms with Gasteiger partial charge >= 0.3 is 0 Å². The molecule has 0 aliphatic carbocycles. The SMILES string of the molecule is CC(N)c1nc(C(=O)N(C)C(C)c2ccccc2Cl)cs1. The molecule has 6 heteroatoms. The van der Waals surface area contributed by atoms with Gasteiger partial charge in [-0.05, 0) is 25.5 Å². The predicted octanol–water partition coefficient (Wildman–Crippen LogP) is 3.65. The van der Waals surface area contributed by atoms with Crippen LogP contribution in [-0.4, -0.2) is 22.8 Å². The number of carbonyl (C=O) groups is 1. The Kier molecular flexibility index (Phi) is 4.98. The number of hydrogen-bond acceptors (Lipinski definition) is 4. The molecule has 0 fully saturated rings. The predicted molar refractivity (Wildman–Crippen MR) is 86.7 cm³/mol. The summed E-state index contributed by atoms with van der Waals surface area (Å²) in [5, 5.41) is 3.16. The molecule has 0 saturated heterocycles. The zero-order chi connectivity index (χ0) is 15.6. The number of amides is 1. The molecule has 0 aliphatic rings. The maximum Gasteiger partial charge on any atom is 0.273 e. The molecule has 0 aliphatic heterocycles. The number of hydrogen-bond donors (Lipinski definition) is 1. The highest BCUT2D eigenvalue weighted by atomic mass is 35.5. The molecule has 2 rings (SSSR count). The largest absolute Gasteiger partial charge is 0.334 e. The van der Waals surface area contributed by atoms with Crippen LogP contribution in [0.2, 0.25) is 5.02 Å². The van der Waals surface area contributed by atoms with E-state index in [4.69, 9.17) is 17.3 Å². The fourth-order valence-electron chi connectivity index (χ4n) is 1.97. The van der Waals surface area contributed by atoms with Crippen molar-refractivity contribution < 1.29 is 4.79 Å². The Bertz CT molecular complexity index is 641. The molecule has 2 atom stereocenters. The first-order chi connectivity index (χ1) is 9.91. The second kappa shape index (κ2) is 6.56. The van der Waals surface area contributed by atoms with Gasteiger partial charge in [-0.1, -0.05) is 29.8 Å². The Morgan fingerprint density at radius 3 is 2.62 bits per heavy atom. The highest BCUT2D eigenvalue weighted by Gasteiger charge is 2.22. The summed E-state index contributed by atoms with van der Waals surface area (Å²) in [6.07, 6.45) is 0. The summed E-state index contributed by atoms with van der Waals surface area (Å²) >= 11 is 7.60. The van der Waals surface area contributed by atoms with Crippen LogP contribution in [0.4, 0.5) is 0 Å². The molecule has 112 valence electrons. The third-order valence-electron chi connectivity index (χ3n) is 3.39. The van der Waals surface area contributed by atoms with Crippen LogP contribution in [0.25, 0.3) is 0 Å². The van der Waals surface area contributed by atoms with Gasteiger partial charge < -0.3 is 10.6 Å². The number of thiazole rings is 1. The van der Waals surface area contributed by atoms with E-state index in [0.717, 1.165) is 10.6 Å². The molecule has 1 aromatic heterocycles. The quantitative estimate of drug-likeness (QED) is 0.934. The van der Waals surface area contributed by atoms with E-state index in [9.17, 15) is 4.79 Å². The van der Waals surface area contributed by atoms with Crippen molar-refractivity contribution in [2.45, 2.75) is 25.9 Å². The topological polar surface area (TPSA) is 59.2 Å². The van der Waals surface area contributed by atoms with Gasteiger partial charge in [0, 0.05) is 17.5 Å². The summed E-state index contributed by atoms with van der Waals surface area (Å²) in [4.78, 5) is 18.4. The van der Waals surface area contributed by atoms with Crippen LogP contribution in [0, 0.1) is 0 Å². The highest BCUT2D eigenvalue weighted by molar-refractivity contribution is 7.09. The highest BCUT2D eigenvalue weighted by Crippen LogP contribution is 2.27. The molecule has 0 radical (unpaired) electrons. The molecular weight excluding hydrogens is 306 g/mol. The molecule has 2 unspecified atom stereocenters. The number of rotatable bonds is 4. The lowest BCUT2D eigenvalue weighted by atomic mass is 10.1. The average molecular weight is 324 g/mol. The summed E-state index contributed by atoms with van der Waals surface area (Å²) in [5.41, 5.74) is 7.12. The Balaban J connectivity index is 2.20. The molecule has 2 N–H and O–H groups in total. The molecule has 1 aromatic carbocycles. The van der Waals surface area contributed by atoms with Crippen molar-refractivity contribution in [3.05, 3.63) is 50.9 Å². The number of aromatic nitrogens is 1. The molecule has 0 saturated carbocycles. The monoisotopic (exact) mass is 323 g/mol. The van der Waals surface area contributed by atoms with Crippen LogP contribution in [0.1, 0.15) is 47.0 Å². The maximum atomic E-state index is 12.5. The lowest BCUT2D eigenvalue weighted by molar-refractivity contribution is 0.0737. The van der Waals surface area contributed by atoms with Crippen molar-refractivity contribution in [2.24, 2.45) is 5.73 Å². The summed E-state index contributed by atoms with van der Waals surface area (Å²) < 4.78 is 0. The van der Waals surface area contributed by atoms with E-state index in [1.54, 1.807) is 17.3 Å².